The Morgan fingerprint density at radius 1 is 1.08 bits per heavy atom. The van der Waals surface area contributed by atoms with Crippen molar-refractivity contribution in [1.29, 1.82) is 0 Å². The molecule has 0 saturated carbocycles. The van der Waals surface area contributed by atoms with Crippen LogP contribution in [0.3, 0.4) is 0 Å². The van der Waals surface area contributed by atoms with Crippen molar-refractivity contribution in [3.63, 3.8) is 0 Å². The van der Waals surface area contributed by atoms with E-state index < -0.39 is 17.8 Å². The summed E-state index contributed by atoms with van der Waals surface area (Å²) in [6.45, 7) is 3.06. The van der Waals surface area contributed by atoms with E-state index in [-0.39, 0.29) is 34.6 Å². The molecular formula is C27H21ClFN5O3. The largest absolute Gasteiger partial charge is 0.423 e. The van der Waals surface area contributed by atoms with Gasteiger partial charge in [0.2, 0.25) is 5.96 Å². The number of rotatable bonds is 5. The molecule has 1 aromatic heterocycles. The highest BCUT2D eigenvalue weighted by atomic mass is 35.5. The number of guanidine groups is 1. The van der Waals surface area contributed by atoms with Gasteiger partial charge in [-0.05, 0) is 50.2 Å². The maximum absolute atomic E-state index is 14.5. The maximum atomic E-state index is 14.5. The van der Waals surface area contributed by atoms with Gasteiger partial charge >= 0.3 is 6.01 Å². The fraction of sp³-hybridized carbons (Fsp3) is 0.111. The van der Waals surface area contributed by atoms with Crippen molar-refractivity contribution >= 4 is 52.1 Å². The number of fused-ring (bicyclic) bond motifs is 1. The van der Waals surface area contributed by atoms with Crippen molar-refractivity contribution in [3.05, 3.63) is 100.0 Å². The number of aromatic nitrogens is 1. The lowest BCUT2D eigenvalue weighted by atomic mass is 9.95. The molecule has 37 heavy (non-hydrogen) atoms. The summed E-state index contributed by atoms with van der Waals surface area (Å²) in [5.41, 5.74) is 2.69. The molecule has 10 heteroatoms. The van der Waals surface area contributed by atoms with Crippen molar-refractivity contribution in [3.8, 4) is 0 Å². The number of nitrogens with one attached hydrogen (secondary N) is 3. The van der Waals surface area contributed by atoms with Crippen molar-refractivity contribution in [2.75, 3.05) is 10.6 Å². The Balaban J connectivity index is 1.50. The van der Waals surface area contributed by atoms with Crippen LogP contribution in [0.15, 0.2) is 87.4 Å². The minimum Gasteiger partial charge on any atom is -0.423 e. The summed E-state index contributed by atoms with van der Waals surface area (Å²) in [6.07, 6.45) is 0. The predicted molar refractivity (Wildman–Crippen MR) is 140 cm³/mol. The molecule has 1 aliphatic rings. The Bertz CT molecular complexity index is 1580. The first-order valence-electron chi connectivity index (χ1n) is 11.3. The van der Waals surface area contributed by atoms with E-state index in [9.17, 15) is 14.0 Å². The molecule has 0 bridgehead atoms. The summed E-state index contributed by atoms with van der Waals surface area (Å²) in [6, 6.07) is 17.5. The number of nitrogens with zero attached hydrogens (tertiary/aromatic N) is 2. The number of allylic oxidation sites excluding steroid dienone is 1. The Labute approximate surface area is 216 Å². The number of halogens is 2. The van der Waals surface area contributed by atoms with E-state index in [1.165, 1.54) is 19.1 Å². The number of para-hydroxylation sites is 2. The summed E-state index contributed by atoms with van der Waals surface area (Å²) < 4.78 is 20.2. The molecule has 5 rings (SSSR count). The first kappa shape index (κ1) is 24.2. The van der Waals surface area contributed by atoms with Crippen LogP contribution in [-0.2, 0) is 4.79 Å². The molecule has 0 spiro atoms. The third kappa shape index (κ3) is 4.94. The average Bonchev–Trinajstić information content (AvgIpc) is 3.27. The molecule has 0 saturated heterocycles. The Morgan fingerprint density at radius 2 is 1.84 bits per heavy atom. The van der Waals surface area contributed by atoms with E-state index in [1.807, 2.05) is 18.2 Å². The average molecular weight is 518 g/mol. The van der Waals surface area contributed by atoms with Gasteiger partial charge in [-0.15, -0.1) is 0 Å². The zero-order valence-corrected chi connectivity index (χ0v) is 20.6. The third-order valence-corrected chi connectivity index (χ3v) is 6.17. The van der Waals surface area contributed by atoms with Crippen LogP contribution in [-0.4, -0.2) is 22.6 Å². The Morgan fingerprint density at radius 3 is 2.59 bits per heavy atom. The summed E-state index contributed by atoms with van der Waals surface area (Å²) in [4.78, 5) is 34.3. The van der Waals surface area contributed by atoms with Crippen LogP contribution < -0.4 is 16.0 Å². The molecule has 186 valence electrons. The minimum absolute atomic E-state index is 0.115. The number of hydrogen-bond acceptors (Lipinski definition) is 7. The quantitative estimate of drug-likeness (QED) is 0.287. The van der Waals surface area contributed by atoms with Crippen LogP contribution in [0.5, 0.6) is 0 Å². The van der Waals surface area contributed by atoms with E-state index in [0.717, 1.165) is 6.07 Å². The highest BCUT2D eigenvalue weighted by Gasteiger charge is 2.31. The Hall–Kier alpha value is -4.50. The van der Waals surface area contributed by atoms with Crippen molar-refractivity contribution < 1.29 is 18.4 Å². The molecule has 8 nitrogen and oxygen atoms in total. The lowest BCUT2D eigenvalue weighted by Gasteiger charge is -2.27. The van der Waals surface area contributed by atoms with Crippen molar-refractivity contribution in [2.24, 2.45) is 4.99 Å². The summed E-state index contributed by atoms with van der Waals surface area (Å²) in [5, 5.41) is 9.05. The van der Waals surface area contributed by atoms with Gasteiger partial charge in [-0.1, -0.05) is 41.9 Å². The van der Waals surface area contributed by atoms with Crippen LogP contribution >= 0.6 is 11.6 Å². The summed E-state index contributed by atoms with van der Waals surface area (Å²) in [5.74, 6) is -1.23. The van der Waals surface area contributed by atoms with Gasteiger partial charge in [-0.3, -0.25) is 14.9 Å². The van der Waals surface area contributed by atoms with Gasteiger partial charge in [0.1, 0.15) is 17.4 Å². The first-order valence-corrected chi connectivity index (χ1v) is 11.7. The number of carbonyl (C=O) groups excluding carboxylic acids is 2. The van der Waals surface area contributed by atoms with Crippen LogP contribution in [0.25, 0.3) is 11.1 Å². The van der Waals surface area contributed by atoms with Gasteiger partial charge < -0.3 is 15.1 Å². The van der Waals surface area contributed by atoms with Crippen LogP contribution in [0, 0.1) is 5.82 Å². The summed E-state index contributed by atoms with van der Waals surface area (Å²) in [7, 11) is 0. The van der Waals surface area contributed by atoms with Gasteiger partial charge in [0.15, 0.2) is 11.4 Å². The molecule has 1 unspecified atom stereocenters. The molecular weight excluding hydrogens is 497 g/mol. The number of amides is 1. The fourth-order valence-corrected chi connectivity index (χ4v) is 4.25. The topological polar surface area (TPSA) is 109 Å². The van der Waals surface area contributed by atoms with Gasteiger partial charge in [0, 0.05) is 21.8 Å². The number of Topliss-reactive ketones (excluding diaryl/α,β-unsaturated/α-hetero) is 1. The molecule has 0 radical (unpaired) electrons. The number of oxazole rings is 1. The fourth-order valence-electron chi connectivity index (χ4n) is 4.01. The van der Waals surface area contributed by atoms with Gasteiger partial charge in [0.25, 0.3) is 5.91 Å². The number of ketones is 1. The van der Waals surface area contributed by atoms with Gasteiger partial charge in [-0.2, -0.15) is 4.98 Å². The molecule has 0 fully saturated rings. The third-order valence-electron chi connectivity index (χ3n) is 5.83. The van der Waals surface area contributed by atoms with Gasteiger partial charge in [-0.25, -0.2) is 9.38 Å². The second-order valence-corrected chi connectivity index (χ2v) is 8.79. The zero-order chi connectivity index (χ0) is 26.1. The highest BCUT2D eigenvalue weighted by Crippen LogP contribution is 2.35. The van der Waals surface area contributed by atoms with E-state index >= 15 is 0 Å². The second-order valence-electron chi connectivity index (χ2n) is 8.38. The molecule has 1 atom stereocenters. The molecule has 2 heterocycles. The molecule has 0 aliphatic carbocycles. The molecule has 1 amide bonds. The maximum Gasteiger partial charge on any atom is 0.302 e. The normalized spacial score (nSPS) is 15.2. The van der Waals surface area contributed by atoms with Crippen LogP contribution in [0.1, 0.15) is 35.8 Å². The molecule has 3 aromatic carbocycles. The van der Waals surface area contributed by atoms with Crippen LogP contribution in [0.4, 0.5) is 16.1 Å². The highest BCUT2D eigenvalue weighted by molar-refractivity contribution is 6.31. The van der Waals surface area contributed by atoms with Crippen molar-refractivity contribution in [2.45, 2.75) is 19.9 Å². The first-order chi connectivity index (χ1) is 17.8. The smallest absolute Gasteiger partial charge is 0.302 e. The zero-order valence-electron chi connectivity index (χ0n) is 19.8. The standard InChI is InChI=1S/C27H21ClFN5O3/c1-14-23(25(36)31-21-13-16(15(2)35)11-12-19(21)29)24(17-7-3-4-8-18(17)28)33-26(30-14)34-27-32-20-9-5-6-10-22(20)37-27/h3-13,24H,1-2H3,(H,31,36)(H2,30,32,33,34). The van der Waals surface area contributed by atoms with E-state index in [4.69, 9.17) is 16.0 Å². The molecule has 4 aromatic rings. The van der Waals surface area contributed by atoms with Crippen molar-refractivity contribution in [1.82, 2.24) is 10.3 Å². The molecule has 3 N–H and O–H groups in total. The number of carbonyl (C=O) groups is 2. The number of hydrogen-bond donors (Lipinski definition) is 3. The van der Waals surface area contributed by atoms with E-state index in [1.54, 1.807) is 37.3 Å². The summed E-state index contributed by atoms with van der Waals surface area (Å²) >= 11 is 6.48. The van der Waals surface area contributed by atoms with E-state index in [2.05, 4.69) is 25.9 Å². The van der Waals surface area contributed by atoms with Crippen LogP contribution in [0.2, 0.25) is 5.02 Å². The molecule has 1 aliphatic heterocycles. The number of benzene rings is 3. The Kier molecular flexibility index (Phi) is 6.45. The predicted octanol–water partition coefficient (Wildman–Crippen LogP) is 5.85. The monoisotopic (exact) mass is 517 g/mol. The second kappa shape index (κ2) is 9.87. The van der Waals surface area contributed by atoms with E-state index in [0.29, 0.717) is 27.4 Å². The lowest BCUT2D eigenvalue weighted by molar-refractivity contribution is -0.113. The number of aliphatic imine (C=N–C) groups is 1. The lowest BCUT2D eigenvalue weighted by Crippen LogP contribution is -2.37. The van der Waals surface area contributed by atoms with Gasteiger partial charge in [0.05, 0.1) is 11.3 Å². The minimum atomic E-state index is -0.833. The SMILES string of the molecule is CC(=O)c1ccc(F)c(NC(=O)C2=C(C)NC(Nc3nc4ccccc4o3)=NC2c2ccccc2Cl)c1. The number of anilines is 2.